The van der Waals surface area contributed by atoms with Gasteiger partial charge in [-0.3, -0.25) is 4.79 Å². The zero-order valence-electron chi connectivity index (χ0n) is 24.4. The molecule has 0 aromatic heterocycles. The topological polar surface area (TPSA) is 37.3 Å². The van der Waals surface area contributed by atoms with E-state index in [1.54, 1.807) is 0 Å². The van der Waals surface area contributed by atoms with Gasteiger partial charge in [0, 0.05) is 12.8 Å². The summed E-state index contributed by atoms with van der Waals surface area (Å²) in [6.45, 7) is 4.48. The van der Waals surface area contributed by atoms with E-state index in [4.69, 9.17) is 0 Å². The lowest BCUT2D eigenvalue weighted by molar-refractivity contribution is -0.119. The largest absolute Gasteiger partial charge is 0.393 e. The molecule has 1 atom stereocenters. The van der Waals surface area contributed by atoms with Gasteiger partial charge in [-0.15, -0.1) is 0 Å². The van der Waals surface area contributed by atoms with Gasteiger partial charge in [0.15, 0.2) is 0 Å². The Labute approximate surface area is 221 Å². The Hall–Kier alpha value is -0.370. The van der Waals surface area contributed by atoms with Gasteiger partial charge >= 0.3 is 0 Å². The molecule has 0 saturated carbocycles. The molecule has 0 bridgehead atoms. The molecule has 210 valence electrons. The summed E-state index contributed by atoms with van der Waals surface area (Å²) in [6.07, 6.45) is 36.6. The average Bonchev–Trinajstić information content (AvgIpc) is 2.85. The van der Waals surface area contributed by atoms with Gasteiger partial charge in [-0.05, 0) is 25.7 Å². The van der Waals surface area contributed by atoms with E-state index in [2.05, 4.69) is 13.8 Å². The molecule has 0 aliphatic carbocycles. The summed E-state index contributed by atoms with van der Waals surface area (Å²) in [4.78, 5) is 12.0. The Bertz CT molecular complexity index is 406. The van der Waals surface area contributed by atoms with Gasteiger partial charge in [-0.1, -0.05) is 162 Å². The van der Waals surface area contributed by atoms with E-state index in [0.29, 0.717) is 5.78 Å². The van der Waals surface area contributed by atoms with Crippen LogP contribution in [0.15, 0.2) is 0 Å². The number of rotatable bonds is 30. The molecule has 0 rings (SSSR count). The summed E-state index contributed by atoms with van der Waals surface area (Å²) in [5, 5.41) is 9.96. The van der Waals surface area contributed by atoms with E-state index in [0.717, 1.165) is 38.5 Å². The van der Waals surface area contributed by atoms with Crippen molar-refractivity contribution in [2.75, 3.05) is 0 Å². The molecule has 0 heterocycles. The minimum Gasteiger partial charge on any atom is -0.393 e. The van der Waals surface area contributed by atoms with Crippen molar-refractivity contribution in [2.24, 2.45) is 0 Å². The predicted octanol–water partition coefficient (Wildman–Crippen LogP) is 11.3. The lowest BCUT2D eigenvalue weighted by Gasteiger charge is -2.09. The third-order valence-electron chi connectivity index (χ3n) is 7.69. The van der Waals surface area contributed by atoms with Crippen LogP contribution in [0.25, 0.3) is 0 Å². The molecule has 0 spiro atoms. The number of ketones is 1. The first kappa shape index (κ1) is 34.6. The van der Waals surface area contributed by atoms with Crippen molar-refractivity contribution in [3.63, 3.8) is 0 Å². The molecule has 0 fully saturated rings. The maximum atomic E-state index is 12.0. The number of aliphatic hydroxyl groups excluding tert-OH is 1. The SMILES string of the molecule is CCCCCCCCCC(=O)CCCCCCCCCCCCCCCCC[C@H](O)CCCCC. The summed E-state index contributed by atoms with van der Waals surface area (Å²) in [5.74, 6) is 0.509. The van der Waals surface area contributed by atoms with Gasteiger partial charge in [0.2, 0.25) is 0 Å². The monoisotopic (exact) mass is 495 g/mol. The first-order valence-corrected chi connectivity index (χ1v) is 16.4. The molecule has 0 aliphatic rings. The maximum absolute atomic E-state index is 12.0. The summed E-state index contributed by atoms with van der Waals surface area (Å²) >= 11 is 0. The number of aliphatic hydroxyl groups is 1. The van der Waals surface area contributed by atoms with Crippen molar-refractivity contribution in [2.45, 2.75) is 206 Å². The van der Waals surface area contributed by atoms with Crippen molar-refractivity contribution in [1.29, 1.82) is 0 Å². The zero-order chi connectivity index (χ0) is 25.7. The molecule has 0 unspecified atom stereocenters. The van der Waals surface area contributed by atoms with Crippen LogP contribution in [0.1, 0.15) is 200 Å². The fraction of sp³-hybridized carbons (Fsp3) is 0.970. The highest BCUT2D eigenvalue weighted by molar-refractivity contribution is 5.78. The molecule has 0 aromatic carbocycles. The molecule has 0 radical (unpaired) electrons. The highest BCUT2D eigenvalue weighted by Gasteiger charge is 2.04. The Morgan fingerprint density at radius 3 is 1.06 bits per heavy atom. The molecule has 2 nitrogen and oxygen atoms in total. The molecule has 1 N–H and O–H groups in total. The van der Waals surface area contributed by atoms with Crippen LogP contribution in [0.4, 0.5) is 0 Å². The first-order valence-electron chi connectivity index (χ1n) is 16.4. The third kappa shape index (κ3) is 29.7. The summed E-state index contributed by atoms with van der Waals surface area (Å²) in [6, 6.07) is 0. The lowest BCUT2D eigenvalue weighted by Crippen LogP contribution is -2.05. The average molecular weight is 495 g/mol. The quantitative estimate of drug-likeness (QED) is 0.101. The highest BCUT2D eigenvalue weighted by atomic mass is 16.3. The van der Waals surface area contributed by atoms with E-state index >= 15 is 0 Å². The molecule has 0 saturated heterocycles. The molecular weight excluding hydrogens is 428 g/mol. The maximum Gasteiger partial charge on any atom is 0.132 e. The minimum absolute atomic E-state index is 0.0460. The van der Waals surface area contributed by atoms with Crippen LogP contribution in [-0.4, -0.2) is 17.0 Å². The normalized spacial score (nSPS) is 12.3. The van der Waals surface area contributed by atoms with E-state index in [1.807, 2.05) is 0 Å². The Kier molecular flexibility index (Phi) is 29.5. The van der Waals surface area contributed by atoms with Crippen molar-refractivity contribution >= 4 is 5.78 Å². The first-order chi connectivity index (χ1) is 17.2. The van der Waals surface area contributed by atoms with Gasteiger partial charge in [-0.2, -0.15) is 0 Å². The Morgan fingerprint density at radius 1 is 0.429 bits per heavy atom. The van der Waals surface area contributed by atoms with Crippen LogP contribution in [-0.2, 0) is 4.79 Å². The fourth-order valence-corrected chi connectivity index (χ4v) is 5.18. The minimum atomic E-state index is -0.0460. The molecule has 35 heavy (non-hydrogen) atoms. The number of hydrogen-bond donors (Lipinski definition) is 1. The standard InChI is InChI=1S/C33H66O2/c1-3-5-7-8-18-21-25-30-33(35)31-27-23-20-17-15-13-11-9-10-12-14-16-19-22-26-29-32(34)28-24-6-4-2/h32,34H,3-31H2,1-2H3/t32-/m1/s1. The van der Waals surface area contributed by atoms with Crippen LogP contribution < -0.4 is 0 Å². The van der Waals surface area contributed by atoms with Crippen molar-refractivity contribution in [3.05, 3.63) is 0 Å². The van der Waals surface area contributed by atoms with Gasteiger partial charge in [0.05, 0.1) is 6.10 Å². The second-order valence-corrected chi connectivity index (χ2v) is 11.4. The van der Waals surface area contributed by atoms with E-state index < -0.39 is 0 Å². The zero-order valence-corrected chi connectivity index (χ0v) is 24.4. The van der Waals surface area contributed by atoms with E-state index in [1.165, 1.54) is 148 Å². The summed E-state index contributed by atoms with van der Waals surface area (Å²) in [7, 11) is 0. The van der Waals surface area contributed by atoms with Gasteiger partial charge in [0.25, 0.3) is 0 Å². The number of carbonyl (C=O) groups excluding carboxylic acids is 1. The molecule has 0 aromatic rings. The molecule has 0 aliphatic heterocycles. The van der Waals surface area contributed by atoms with Crippen molar-refractivity contribution in [3.8, 4) is 0 Å². The van der Waals surface area contributed by atoms with Gasteiger partial charge in [-0.25, -0.2) is 0 Å². The number of unbranched alkanes of at least 4 members (excludes halogenated alkanes) is 22. The second-order valence-electron chi connectivity index (χ2n) is 11.4. The molecule has 2 heteroatoms. The van der Waals surface area contributed by atoms with E-state index in [-0.39, 0.29) is 6.10 Å². The van der Waals surface area contributed by atoms with Gasteiger partial charge in [0.1, 0.15) is 5.78 Å². The summed E-state index contributed by atoms with van der Waals surface area (Å²) in [5.41, 5.74) is 0. The fourth-order valence-electron chi connectivity index (χ4n) is 5.18. The van der Waals surface area contributed by atoms with E-state index in [9.17, 15) is 9.90 Å². The van der Waals surface area contributed by atoms with Crippen molar-refractivity contribution in [1.82, 2.24) is 0 Å². The number of Topliss-reactive ketones (excluding diaryl/α,β-unsaturated/α-hetero) is 1. The summed E-state index contributed by atoms with van der Waals surface area (Å²) < 4.78 is 0. The van der Waals surface area contributed by atoms with Gasteiger partial charge < -0.3 is 5.11 Å². The predicted molar refractivity (Wildman–Crippen MR) is 156 cm³/mol. The Balaban J connectivity index is 3.16. The Morgan fingerprint density at radius 2 is 0.686 bits per heavy atom. The lowest BCUT2D eigenvalue weighted by atomic mass is 10.0. The van der Waals surface area contributed by atoms with Crippen LogP contribution in [0, 0.1) is 0 Å². The third-order valence-corrected chi connectivity index (χ3v) is 7.69. The van der Waals surface area contributed by atoms with Crippen LogP contribution in [0.2, 0.25) is 0 Å². The van der Waals surface area contributed by atoms with Crippen molar-refractivity contribution < 1.29 is 9.90 Å². The van der Waals surface area contributed by atoms with Crippen LogP contribution in [0.3, 0.4) is 0 Å². The smallest absolute Gasteiger partial charge is 0.132 e. The number of carbonyl (C=O) groups is 1. The highest BCUT2D eigenvalue weighted by Crippen LogP contribution is 2.16. The molecular formula is C33H66O2. The number of hydrogen-bond acceptors (Lipinski definition) is 2. The second kappa shape index (κ2) is 29.9. The van der Waals surface area contributed by atoms with Crippen LogP contribution >= 0.6 is 0 Å². The van der Waals surface area contributed by atoms with Crippen LogP contribution in [0.5, 0.6) is 0 Å². The molecule has 0 amide bonds.